The SMILES string of the molecule is COC(=O)c1sc(-n2cnc3c2C=CC(c2ccc(C)nc2)C3)cc1OC(C)c1cccc(OC2CCN(C(=O)OC(C)(C)C)CC2)c1Cl. The van der Waals surface area contributed by atoms with Crippen LogP contribution in [-0.4, -0.2) is 63.4 Å². The van der Waals surface area contributed by atoms with E-state index in [2.05, 4.69) is 23.2 Å². The summed E-state index contributed by atoms with van der Waals surface area (Å²) in [5.74, 6) is 0.631. The Morgan fingerprint density at radius 1 is 1.08 bits per heavy atom. The van der Waals surface area contributed by atoms with Gasteiger partial charge in [0.1, 0.15) is 40.6 Å². The third-order valence-corrected chi connectivity index (χ3v) is 10.1. The molecule has 2 aliphatic rings. The van der Waals surface area contributed by atoms with Crippen LogP contribution in [0.5, 0.6) is 11.5 Å². The second kappa shape index (κ2) is 14.2. The molecule has 0 spiro atoms. The highest BCUT2D eigenvalue weighted by molar-refractivity contribution is 7.16. The quantitative estimate of drug-likeness (QED) is 0.169. The minimum Gasteiger partial charge on any atom is -0.489 e. The molecule has 258 valence electrons. The Balaban J connectivity index is 1.16. The van der Waals surface area contributed by atoms with Gasteiger partial charge in [0.15, 0.2) is 4.88 Å². The maximum atomic E-state index is 12.9. The van der Waals surface area contributed by atoms with Gasteiger partial charge in [0.05, 0.1) is 23.5 Å². The maximum absolute atomic E-state index is 12.9. The first-order valence-electron chi connectivity index (χ1n) is 16.4. The number of carbonyl (C=O) groups excluding carboxylic acids is 2. The van der Waals surface area contributed by atoms with Gasteiger partial charge in [-0.3, -0.25) is 9.55 Å². The zero-order valence-electron chi connectivity index (χ0n) is 28.6. The molecule has 6 rings (SSSR count). The van der Waals surface area contributed by atoms with E-state index in [1.165, 1.54) is 18.4 Å². The largest absolute Gasteiger partial charge is 0.489 e. The van der Waals surface area contributed by atoms with Gasteiger partial charge in [0.25, 0.3) is 0 Å². The Kier molecular flexibility index (Phi) is 10.0. The van der Waals surface area contributed by atoms with Crippen LogP contribution in [0.4, 0.5) is 4.79 Å². The lowest BCUT2D eigenvalue weighted by Crippen LogP contribution is -2.44. The lowest BCUT2D eigenvalue weighted by Gasteiger charge is -2.33. The van der Waals surface area contributed by atoms with Crippen molar-refractivity contribution < 1.29 is 28.5 Å². The summed E-state index contributed by atoms with van der Waals surface area (Å²) in [5, 5.41) is 1.21. The Morgan fingerprint density at radius 2 is 1.86 bits per heavy atom. The number of hydrogen-bond donors (Lipinski definition) is 0. The molecule has 1 amide bonds. The summed E-state index contributed by atoms with van der Waals surface area (Å²) in [7, 11) is 1.35. The van der Waals surface area contributed by atoms with Crippen molar-refractivity contribution in [2.75, 3.05) is 20.2 Å². The number of piperidine rings is 1. The Morgan fingerprint density at radius 3 is 2.55 bits per heavy atom. The summed E-state index contributed by atoms with van der Waals surface area (Å²) in [4.78, 5) is 36.6. The van der Waals surface area contributed by atoms with Crippen LogP contribution in [0.1, 0.15) is 90.4 Å². The van der Waals surface area contributed by atoms with Crippen molar-refractivity contribution in [1.82, 2.24) is 19.4 Å². The van der Waals surface area contributed by atoms with E-state index in [4.69, 9.17) is 35.5 Å². The molecule has 1 fully saturated rings. The number of carbonyl (C=O) groups is 2. The fourth-order valence-corrected chi connectivity index (χ4v) is 7.28. The normalized spacial score (nSPS) is 17.0. The van der Waals surface area contributed by atoms with Crippen molar-refractivity contribution in [3.8, 4) is 16.5 Å². The van der Waals surface area contributed by atoms with Gasteiger partial charge in [0, 0.05) is 61.8 Å². The van der Waals surface area contributed by atoms with Gasteiger partial charge < -0.3 is 23.8 Å². The molecule has 0 bridgehead atoms. The Labute approximate surface area is 295 Å². The number of allylic oxidation sites excluding steroid dienone is 1. The number of aryl methyl sites for hydroxylation is 1. The van der Waals surface area contributed by atoms with Gasteiger partial charge in [-0.2, -0.15) is 0 Å². The van der Waals surface area contributed by atoms with Gasteiger partial charge >= 0.3 is 12.1 Å². The molecule has 49 heavy (non-hydrogen) atoms. The van der Waals surface area contributed by atoms with Crippen molar-refractivity contribution in [3.63, 3.8) is 0 Å². The number of halogens is 1. The Hall–Kier alpha value is -4.35. The molecule has 10 nitrogen and oxygen atoms in total. The van der Waals surface area contributed by atoms with Gasteiger partial charge in [-0.1, -0.05) is 35.9 Å². The summed E-state index contributed by atoms with van der Waals surface area (Å²) >= 11 is 8.18. The number of pyridine rings is 1. The van der Waals surface area contributed by atoms with Crippen LogP contribution in [0.3, 0.4) is 0 Å². The number of aromatic nitrogens is 3. The molecule has 4 aromatic rings. The molecule has 1 saturated heterocycles. The molecule has 2 unspecified atom stereocenters. The molecule has 4 heterocycles. The molecule has 0 N–H and O–H groups in total. The predicted octanol–water partition coefficient (Wildman–Crippen LogP) is 8.35. The lowest BCUT2D eigenvalue weighted by atomic mass is 9.90. The van der Waals surface area contributed by atoms with E-state index in [1.54, 1.807) is 11.2 Å². The highest BCUT2D eigenvalue weighted by Crippen LogP contribution is 2.40. The first-order chi connectivity index (χ1) is 23.4. The molecule has 3 aromatic heterocycles. The monoisotopic (exact) mass is 704 g/mol. The van der Waals surface area contributed by atoms with Crippen molar-refractivity contribution in [2.24, 2.45) is 0 Å². The molecule has 0 saturated carbocycles. The molecule has 1 aliphatic heterocycles. The van der Waals surface area contributed by atoms with Gasteiger partial charge in [-0.05, 0) is 58.4 Å². The van der Waals surface area contributed by atoms with E-state index in [-0.39, 0.29) is 18.1 Å². The number of imidazole rings is 1. The number of rotatable bonds is 8. The van der Waals surface area contributed by atoms with E-state index >= 15 is 0 Å². The van der Waals surface area contributed by atoms with E-state index in [9.17, 15) is 9.59 Å². The van der Waals surface area contributed by atoms with Gasteiger partial charge in [-0.15, -0.1) is 11.3 Å². The first-order valence-corrected chi connectivity index (χ1v) is 17.6. The average Bonchev–Trinajstić information content (AvgIpc) is 3.69. The predicted molar refractivity (Wildman–Crippen MR) is 189 cm³/mol. The number of benzene rings is 1. The second-order valence-corrected chi connectivity index (χ2v) is 14.7. The van der Waals surface area contributed by atoms with Crippen LogP contribution in [0, 0.1) is 6.92 Å². The molecule has 12 heteroatoms. The third kappa shape index (κ3) is 7.78. The second-order valence-electron chi connectivity index (χ2n) is 13.3. The van der Waals surface area contributed by atoms with Crippen molar-refractivity contribution in [1.29, 1.82) is 0 Å². The van der Waals surface area contributed by atoms with Crippen LogP contribution in [0.2, 0.25) is 5.02 Å². The molecule has 2 atom stereocenters. The number of amides is 1. The highest BCUT2D eigenvalue weighted by Gasteiger charge is 2.29. The van der Waals surface area contributed by atoms with E-state index in [1.807, 2.05) is 75.7 Å². The van der Waals surface area contributed by atoms with Crippen molar-refractivity contribution in [3.05, 3.63) is 93.1 Å². The number of fused-ring (bicyclic) bond motifs is 1. The molecule has 1 aromatic carbocycles. The number of likely N-dealkylation sites (tertiary alicyclic amines) is 1. The number of methoxy groups -OCH3 is 1. The molecule has 1 aliphatic carbocycles. The van der Waals surface area contributed by atoms with E-state index in [0.717, 1.165) is 34.1 Å². The summed E-state index contributed by atoms with van der Waals surface area (Å²) in [6, 6.07) is 11.6. The smallest absolute Gasteiger partial charge is 0.410 e. The summed E-state index contributed by atoms with van der Waals surface area (Å²) < 4.78 is 25.4. The number of hydrogen-bond acceptors (Lipinski definition) is 9. The highest BCUT2D eigenvalue weighted by atomic mass is 35.5. The lowest BCUT2D eigenvalue weighted by molar-refractivity contribution is 0.0126. The fourth-order valence-electron chi connectivity index (χ4n) is 5.97. The zero-order valence-corrected chi connectivity index (χ0v) is 30.1. The van der Waals surface area contributed by atoms with Crippen molar-refractivity contribution >= 4 is 41.1 Å². The summed E-state index contributed by atoms with van der Waals surface area (Å²) in [5.41, 5.74) is 4.23. The summed E-state index contributed by atoms with van der Waals surface area (Å²) in [6.07, 6.45) is 9.07. The van der Waals surface area contributed by atoms with Gasteiger partial charge in [0.2, 0.25) is 0 Å². The van der Waals surface area contributed by atoms with E-state index < -0.39 is 17.7 Å². The van der Waals surface area contributed by atoms with Gasteiger partial charge in [-0.25, -0.2) is 14.6 Å². The van der Waals surface area contributed by atoms with Crippen LogP contribution in [-0.2, 0) is 15.9 Å². The Bertz CT molecular complexity index is 1850. The van der Waals surface area contributed by atoms with Crippen LogP contribution < -0.4 is 9.47 Å². The van der Waals surface area contributed by atoms with Crippen molar-refractivity contribution in [2.45, 2.75) is 77.6 Å². The number of esters is 1. The molecule has 0 radical (unpaired) electrons. The number of nitrogens with zero attached hydrogens (tertiary/aromatic N) is 4. The third-order valence-electron chi connectivity index (χ3n) is 8.56. The summed E-state index contributed by atoms with van der Waals surface area (Å²) in [6.45, 7) is 10.5. The standard InChI is InChI=1S/C37H41ClN4O6S/c1-22-10-11-25(20-39-22)24-12-13-29-28(18-24)40-21-42(29)32-19-31(34(49-32)35(43)45-6)46-23(2)27-8-7-9-30(33(27)38)47-26-14-16-41(17-15-26)36(44)48-37(3,4)5/h7-13,19-21,23-24,26H,14-18H2,1-6H3. The van der Waals surface area contributed by atoms with E-state index in [0.29, 0.717) is 52.9 Å². The minimum atomic E-state index is -0.542. The molecular weight excluding hydrogens is 664 g/mol. The minimum absolute atomic E-state index is 0.105. The fraction of sp³-hybridized carbons (Fsp3) is 0.405. The average molecular weight is 705 g/mol. The first kappa shape index (κ1) is 34.5. The molecular formula is C37H41ClN4O6S. The number of thiophene rings is 1. The van der Waals surface area contributed by atoms with Crippen LogP contribution in [0.15, 0.2) is 55.0 Å². The zero-order chi connectivity index (χ0) is 34.9. The topological polar surface area (TPSA) is 105 Å². The van der Waals surface area contributed by atoms with Crippen LogP contribution in [0.25, 0.3) is 11.1 Å². The number of ether oxygens (including phenoxy) is 4. The van der Waals surface area contributed by atoms with Crippen LogP contribution >= 0.6 is 22.9 Å². The maximum Gasteiger partial charge on any atom is 0.410 e.